The molecule has 0 saturated carbocycles. The molecule has 0 spiro atoms. The lowest BCUT2D eigenvalue weighted by molar-refractivity contribution is -0.117. The van der Waals surface area contributed by atoms with Crippen molar-refractivity contribution < 1.29 is 14.0 Å². The van der Waals surface area contributed by atoms with E-state index in [1.807, 2.05) is 19.1 Å². The van der Waals surface area contributed by atoms with Gasteiger partial charge in [0, 0.05) is 28.8 Å². The number of hydrogen-bond donors (Lipinski definition) is 2. The van der Waals surface area contributed by atoms with Crippen LogP contribution in [0.3, 0.4) is 0 Å². The maximum atomic E-state index is 13.0. The number of amides is 3. The maximum Gasteiger partial charge on any atom is 0.319 e. The fourth-order valence-corrected chi connectivity index (χ4v) is 3.00. The van der Waals surface area contributed by atoms with E-state index in [2.05, 4.69) is 26.6 Å². The zero-order valence-electron chi connectivity index (χ0n) is 13.6. The summed E-state index contributed by atoms with van der Waals surface area (Å²) in [6, 6.07) is 10.6. The minimum Gasteiger partial charge on any atom is -0.333 e. The van der Waals surface area contributed by atoms with E-state index >= 15 is 0 Å². The maximum absolute atomic E-state index is 13.0. The lowest BCUT2D eigenvalue weighted by Crippen LogP contribution is -2.39. The summed E-state index contributed by atoms with van der Waals surface area (Å²) >= 11 is 3.41. The third-order valence-electron chi connectivity index (χ3n) is 4.01. The molecule has 0 radical (unpaired) electrons. The second kappa shape index (κ2) is 7.23. The topological polar surface area (TPSA) is 61.4 Å². The van der Waals surface area contributed by atoms with E-state index in [1.165, 1.54) is 12.1 Å². The molecule has 1 fully saturated rings. The van der Waals surface area contributed by atoms with Crippen LogP contribution in [0.2, 0.25) is 0 Å². The largest absolute Gasteiger partial charge is 0.333 e. The molecule has 2 N–H and O–H groups in total. The third kappa shape index (κ3) is 4.17. The smallest absolute Gasteiger partial charge is 0.319 e. The zero-order valence-corrected chi connectivity index (χ0v) is 15.1. The number of hydrogen-bond acceptors (Lipinski definition) is 2. The Kier molecular flexibility index (Phi) is 5.03. The highest BCUT2D eigenvalue weighted by Gasteiger charge is 2.31. The summed E-state index contributed by atoms with van der Waals surface area (Å²) in [6.07, 6.45) is 0.212. The number of carbonyl (C=O) groups is 2. The molecular formula is C18H17BrFN3O2. The summed E-state index contributed by atoms with van der Waals surface area (Å²) in [7, 11) is 0. The van der Waals surface area contributed by atoms with Crippen LogP contribution in [0.25, 0.3) is 0 Å². The van der Waals surface area contributed by atoms with Gasteiger partial charge in [-0.25, -0.2) is 9.18 Å². The normalized spacial score (nSPS) is 16.8. The highest BCUT2D eigenvalue weighted by Crippen LogP contribution is 2.22. The van der Waals surface area contributed by atoms with Gasteiger partial charge in [-0.3, -0.25) is 4.79 Å². The molecule has 0 aromatic heterocycles. The number of benzene rings is 2. The summed E-state index contributed by atoms with van der Waals surface area (Å²) in [6.45, 7) is 2.29. The van der Waals surface area contributed by atoms with Crippen LogP contribution in [-0.4, -0.2) is 24.5 Å². The monoisotopic (exact) mass is 405 g/mol. The van der Waals surface area contributed by atoms with Crippen LogP contribution in [0.1, 0.15) is 12.0 Å². The van der Waals surface area contributed by atoms with Crippen molar-refractivity contribution in [3.63, 3.8) is 0 Å². The molecule has 2 aromatic rings. The predicted molar refractivity (Wildman–Crippen MR) is 98.2 cm³/mol. The molecule has 130 valence electrons. The van der Waals surface area contributed by atoms with Crippen molar-refractivity contribution in [2.75, 3.05) is 16.8 Å². The first-order chi connectivity index (χ1) is 11.9. The Morgan fingerprint density at radius 2 is 1.96 bits per heavy atom. The molecule has 1 heterocycles. The van der Waals surface area contributed by atoms with Crippen LogP contribution < -0.4 is 15.5 Å². The SMILES string of the molecule is Cc1cc(NC(=O)N[C@@H]2CC(=O)N(c3ccc(F)cc3)C2)ccc1Br. The average molecular weight is 406 g/mol. The minimum atomic E-state index is -0.361. The first-order valence-electron chi connectivity index (χ1n) is 7.82. The van der Waals surface area contributed by atoms with Gasteiger partial charge in [0.2, 0.25) is 5.91 Å². The Morgan fingerprint density at radius 1 is 1.24 bits per heavy atom. The first kappa shape index (κ1) is 17.4. The fourth-order valence-electron chi connectivity index (χ4n) is 2.75. The molecule has 1 aliphatic rings. The van der Waals surface area contributed by atoms with Crippen molar-refractivity contribution in [2.24, 2.45) is 0 Å². The molecule has 5 nitrogen and oxygen atoms in total. The van der Waals surface area contributed by atoms with Gasteiger partial charge in [-0.2, -0.15) is 0 Å². The lowest BCUT2D eigenvalue weighted by atomic mass is 10.2. The van der Waals surface area contributed by atoms with E-state index in [9.17, 15) is 14.0 Å². The second-order valence-electron chi connectivity index (χ2n) is 5.94. The van der Waals surface area contributed by atoms with E-state index < -0.39 is 0 Å². The summed E-state index contributed by atoms with van der Waals surface area (Å²) in [5, 5.41) is 5.57. The number of urea groups is 1. The summed E-state index contributed by atoms with van der Waals surface area (Å²) in [5.41, 5.74) is 2.31. The van der Waals surface area contributed by atoms with Crippen LogP contribution >= 0.6 is 15.9 Å². The van der Waals surface area contributed by atoms with E-state index in [1.54, 1.807) is 23.1 Å². The van der Waals surface area contributed by atoms with Gasteiger partial charge in [-0.1, -0.05) is 15.9 Å². The Bertz CT molecular complexity index is 810. The molecule has 1 aliphatic heterocycles. The lowest BCUT2D eigenvalue weighted by Gasteiger charge is -2.17. The van der Waals surface area contributed by atoms with E-state index in [4.69, 9.17) is 0 Å². The molecule has 0 unspecified atom stereocenters. The van der Waals surface area contributed by atoms with Crippen molar-refractivity contribution in [3.05, 3.63) is 58.3 Å². The second-order valence-corrected chi connectivity index (χ2v) is 6.80. The molecule has 3 amide bonds. The number of aryl methyl sites for hydroxylation is 1. The molecule has 0 aliphatic carbocycles. The third-order valence-corrected chi connectivity index (χ3v) is 4.90. The molecule has 1 atom stereocenters. The predicted octanol–water partition coefficient (Wildman–Crippen LogP) is 3.82. The van der Waals surface area contributed by atoms with Gasteiger partial charge in [0.1, 0.15) is 5.82 Å². The van der Waals surface area contributed by atoms with Crippen molar-refractivity contribution in [1.29, 1.82) is 0 Å². The molecule has 7 heteroatoms. The molecule has 1 saturated heterocycles. The number of nitrogens with zero attached hydrogens (tertiary/aromatic N) is 1. The number of rotatable bonds is 3. The van der Waals surface area contributed by atoms with E-state index in [0.29, 0.717) is 17.9 Å². The summed E-state index contributed by atoms with van der Waals surface area (Å²) in [4.78, 5) is 25.8. The number of anilines is 2. The summed E-state index contributed by atoms with van der Waals surface area (Å²) < 4.78 is 14.0. The quantitative estimate of drug-likeness (QED) is 0.814. The van der Waals surface area contributed by atoms with Gasteiger partial charge in [0.25, 0.3) is 0 Å². The molecule has 2 aromatic carbocycles. The first-order valence-corrected chi connectivity index (χ1v) is 8.61. The Hall–Kier alpha value is -2.41. The van der Waals surface area contributed by atoms with Crippen molar-refractivity contribution in [3.8, 4) is 0 Å². The van der Waals surface area contributed by atoms with Crippen molar-refractivity contribution in [1.82, 2.24) is 5.32 Å². The van der Waals surface area contributed by atoms with Gasteiger partial charge >= 0.3 is 6.03 Å². The molecular weight excluding hydrogens is 389 g/mol. The van der Waals surface area contributed by atoms with Gasteiger partial charge < -0.3 is 15.5 Å². The fraction of sp³-hybridized carbons (Fsp3) is 0.222. The molecule has 0 bridgehead atoms. The highest BCUT2D eigenvalue weighted by molar-refractivity contribution is 9.10. The van der Waals surface area contributed by atoms with Crippen molar-refractivity contribution >= 4 is 39.2 Å². The molecule has 25 heavy (non-hydrogen) atoms. The minimum absolute atomic E-state index is 0.101. The van der Waals surface area contributed by atoms with Gasteiger partial charge in [-0.05, 0) is 55.0 Å². The van der Waals surface area contributed by atoms with Crippen molar-refractivity contribution in [2.45, 2.75) is 19.4 Å². The van der Waals surface area contributed by atoms with E-state index in [-0.39, 0.29) is 30.2 Å². The Morgan fingerprint density at radius 3 is 2.64 bits per heavy atom. The van der Waals surface area contributed by atoms with Crippen LogP contribution in [0, 0.1) is 12.7 Å². The Balaban J connectivity index is 1.60. The highest BCUT2D eigenvalue weighted by atomic mass is 79.9. The van der Waals surface area contributed by atoms with Crippen LogP contribution in [0.15, 0.2) is 46.9 Å². The average Bonchev–Trinajstić information content (AvgIpc) is 2.92. The number of halogens is 2. The van der Waals surface area contributed by atoms with Gasteiger partial charge in [0.15, 0.2) is 0 Å². The summed E-state index contributed by atoms with van der Waals surface area (Å²) in [5.74, 6) is -0.453. The van der Waals surface area contributed by atoms with Crippen LogP contribution in [0.4, 0.5) is 20.6 Å². The van der Waals surface area contributed by atoms with Gasteiger partial charge in [-0.15, -0.1) is 0 Å². The molecule has 3 rings (SSSR count). The zero-order chi connectivity index (χ0) is 18.0. The van der Waals surface area contributed by atoms with Gasteiger partial charge in [0.05, 0.1) is 6.04 Å². The number of nitrogens with one attached hydrogen (secondary N) is 2. The standard InChI is InChI=1S/C18H17BrFN3O2/c1-11-8-13(4-7-16(11)19)21-18(25)22-14-9-17(24)23(10-14)15-5-2-12(20)3-6-15/h2-8,14H,9-10H2,1H3,(H2,21,22,25)/t14-/m1/s1. The van der Waals surface area contributed by atoms with Crippen LogP contribution in [0.5, 0.6) is 0 Å². The van der Waals surface area contributed by atoms with E-state index in [0.717, 1.165) is 10.0 Å². The van der Waals surface area contributed by atoms with Crippen LogP contribution in [-0.2, 0) is 4.79 Å². The Labute approximate surface area is 153 Å². The number of carbonyl (C=O) groups excluding carboxylic acids is 2.